The number of sulfonamides is 1. The molecule has 2 rings (SSSR count). The van der Waals surface area contributed by atoms with E-state index in [1.165, 1.54) is 6.20 Å². The Morgan fingerprint density at radius 2 is 2.00 bits per heavy atom. The number of hydrogen-bond acceptors (Lipinski definition) is 5. The molecule has 0 saturated carbocycles. The molecule has 1 aromatic carbocycles. The SMILES string of the molecule is CCNCc1ccccc1S(=O)(=O)NCc1ccno1. The molecule has 0 saturated heterocycles. The number of benzene rings is 1. The summed E-state index contributed by atoms with van der Waals surface area (Å²) in [7, 11) is -3.58. The first-order valence-electron chi connectivity index (χ1n) is 6.31. The number of rotatable bonds is 7. The van der Waals surface area contributed by atoms with Gasteiger partial charge in [-0.05, 0) is 18.2 Å². The van der Waals surface area contributed by atoms with Gasteiger partial charge in [0.05, 0.1) is 17.6 Å². The molecule has 108 valence electrons. The Balaban J connectivity index is 2.16. The molecule has 2 aromatic rings. The van der Waals surface area contributed by atoms with Crippen LogP contribution in [0.4, 0.5) is 0 Å². The fraction of sp³-hybridized carbons (Fsp3) is 0.308. The van der Waals surface area contributed by atoms with Crippen LogP contribution in [0.15, 0.2) is 45.9 Å². The summed E-state index contributed by atoms with van der Waals surface area (Å²) in [5.74, 6) is 0.470. The summed E-state index contributed by atoms with van der Waals surface area (Å²) in [6, 6.07) is 8.54. The molecular weight excluding hydrogens is 278 g/mol. The maximum Gasteiger partial charge on any atom is 0.241 e. The molecule has 0 spiro atoms. The van der Waals surface area contributed by atoms with E-state index in [2.05, 4.69) is 15.2 Å². The van der Waals surface area contributed by atoms with Crippen molar-refractivity contribution in [3.05, 3.63) is 47.9 Å². The predicted octanol–water partition coefficient (Wildman–Crippen LogP) is 1.26. The van der Waals surface area contributed by atoms with Crippen molar-refractivity contribution in [3.63, 3.8) is 0 Å². The third-order valence-electron chi connectivity index (χ3n) is 2.76. The van der Waals surface area contributed by atoms with Crippen LogP contribution < -0.4 is 10.0 Å². The van der Waals surface area contributed by atoms with E-state index in [1.54, 1.807) is 24.3 Å². The van der Waals surface area contributed by atoms with Crippen molar-refractivity contribution in [1.82, 2.24) is 15.2 Å². The zero-order chi connectivity index (χ0) is 14.4. The van der Waals surface area contributed by atoms with E-state index >= 15 is 0 Å². The molecule has 0 unspecified atom stereocenters. The summed E-state index contributed by atoms with van der Waals surface area (Å²) in [5.41, 5.74) is 0.736. The number of hydrogen-bond donors (Lipinski definition) is 2. The first kappa shape index (κ1) is 14.7. The van der Waals surface area contributed by atoms with Crippen molar-refractivity contribution in [3.8, 4) is 0 Å². The maximum atomic E-state index is 12.3. The largest absolute Gasteiger partial charge is 0.360 e. The van der Waals surface area contributed by atoms with Crippen LogP contribution in [0.2, 0.25) is 0 Å². The Morgan fingerprint density at radius 1 is 1.20 bits per heavy atom. The van der Waals surface area contributed by atoms with Crippen molar-refractivity contribution in [2.75, 3.05) is 6.54 Å². The Morgan fingerprint density at radius 3 is 2.70 bits per heavy atom. The Labute approximate surface area is 118 Å². The minimum Gasteiger partial charge on any atom is -0.360 e. The van der Waals surface area contributed by atoms with Crippen LogP contribution in [0.3, 0.4) is 0 Å². The normalized spacial score (nSPS) is 11.7. The molecule has 1 aromatic heterocycles. The Kier molecular flexibility index (Phi) is 4.89. The van der Waals surface area contributed by atoms with E-state index in [9.17, 15) is 8.42 Å². The van der Waals surface area contributed by atoms with Gasteiger partial charge in [-0.3, -0.25) is 0 Å². The number of nitrogens with zero attached hydrogens (tertiary/aromatic N) is 1. The average Bonchev–Trinajstić information content (AvgIpc) is 2.97. The molecule has 6 nitrogen and oxygen atoms in total. The second kappa shape index (κ2) is 6.65. The van der Waals surface area contributed by atoms with Crippen molar-refractivity contribution >= 4 is 10.0 Å². The average molecular weight is 295 g/mol. The van der Waals surface area contributed by atoms with Gasteiger partial charge in [0.1, 0.15) is 0 Å². The van der Waals surface area contributed by atoms with Crippen LogP contribution in [0, 0.1) is 0 Å². The van der Waals surface area contributed by atoms with Crippen LogP contribution in [0.25, 0.3) is 0 Å². The molecule has 0 aliphatic rings. The monoisotopic (exact) mass is 295 g/mol. The minimum atomic E-state index is -3.58. The molecule has 0 atom stereocenters. The predicted molar refractivity (Wildman–Crippen MR) is 74.4 cm³/mol. The second-order valence-electron chi connectivity index (χ2n) is 4.19. The van der Waals surface area contributed by atoms with Gasteiger partial charge < -0.3 is 9.84 Å². The fourth-order valence-corrected chi connectivity index (χ4v) is 2.98. The van der Waals surface area contributed by atoms with Crippen LogP contribution in [-0.4, -0.2) is 20.1 Å². The van der Waals surface area contributed by atoms with E-state index < -0.39 is 10.0 Å². The lowest BCUT2D eigenvalue weighted by molar-refractivity contribution is 0.380. The molecule has 0 bridgehead atoms. The quantitative estimate of drug-likeness (QED) is 0.803. The standard InChI is InChI=1S/C13H17N3O3S/c1-2-14-9-11-5-3-4-6-13(11)20(17,18)16-10-12-7-8-15-19-12/h3-8,14,16H,2,9-10H2,1H3. The molecule has 1 heterocycles. The molecule has 0 fully saturated rings. The van der Waals surface area contributed by atoms with E-state index in [4.69, 9.17) is 4.52 Å². The summed E-state index contributed by atoms with van der Waals surface area (Å²) >= 11 is 0. The third-order valence-corrected chi connectivity index (χ3v) is 4.26. The molecule has 20 heavy (non-hydrogen) atoms. The molecule has 7 heteroatoms. The van der Waals surface area contributed by atoms with Gasteiger partial charge in [0.15, 0.2) is 5.76 Å². The van der Waals surface area contributed by atoms with Crippen LogP contribution in [0.5, 0.6) is 0 Å². The highest BCUT2D eigenvalue weighted by Gasteiger charge is 2.18. The zero-order valence-corrected chi connectivity index (χ0v) is 12.0. The second-order valence-corrected chi connectivity index (χ2v) is 5.93. The first-order chi connectivity index (χ1) is 9.63. The summed E-state index contributed by atoms with van der Waals surface area (Å²) < 4.78 is 32.0. The van der Waals surface area contributed by atoms with Gasteiger partial charge in [-0.25, -0.2) is 13.1 Å². The molecular formula is C13H17N3O3S. The van der Waals surface area contributed by atoms with E-state index in [-0.39, 0.29) is 11.4 Å². The fourth-order valence-electron chi connectivity index (χ4n) is 1.75. The Hall–Kier alpha value is -1.70. The molecule has 0 amide bonds. The number of nitrogens with one attached hydrogen (secondary N) is 2. The number of aromatic nitrogens is 1. The minimum absolute atomic E-state index is 0.0812. The highest BCUT2D eigenvalue weighted by molar-refractivity contribution is 7.89. The lowest BCUT2D eigenvalue weighted by atomic mass is 10.2. The van der Waals surface area contributed by atoms with Gasteiger partial charge in [-0.1, -0.05) is 30.3 Å². The maximum absolute atomic E-state index is 12.3. The van der Waals surface area contributed by atoms with Crippen molar-refractivity contribution in [2.45, 2.75) is 24.9 Å². The summed E-state index contributed by atoms with van der Waals surface area (Å²) in [6.45, 7) is 3.34. The van der Waals surface area contributed by atoms with Gasteiger partial charge >= 0.3 is 0 Å². The van der Waals surface area contributed by atoms with Crippen LogP contribution in [-0.2, 0) is 23.1 Å². The van der Waals surface area contributed by atoms with Gasteiger partial charge in [0.2, 0.25) is 10.0 Å². The van der Waals surface area contributed by atoms with E-state index in [0.29, 0.717) is 12.3 Å². The molecule has 0 radical (unpaired) electrons. The highest BCUT2D eigenvalue weighted by Crippen LogP contribution is 2.15. The molecule has 0 aliphatic carbocycles. The van der Waals surface area contributed by atoms with Gasteiger partial charge in [-0.15, -0.1) is 0 Å². The van der Waals surface area contributed by atoms with Crippen molar-refractivity contribution < 1.29 is 12.9 Å². The van der Waals surface area contributed by atoms with Gasteiger partial charge in [-0.2, -0.15) is 0 Å². The molecule has 0 aliphatic heterocycles. The van der Waals surface area contributed by atoms with E-state index in [1.807, 2.05) is 13.0 Å². The summed E-state index contributed by atoms with van der Waals surface area (Å²) in [6.07, 6.45) is 1.47. The summed E-state index contributed by atoms with van der Waals surface area (Å²) in [5, 5.41) is 6.66. The van der Waals surface area contributed by atoms with Crippen molar-refractivity contribution in [2.24, 2.45) is 0 Å². The molecule has 2 N–H and O–H groups in total. The van der Waals surface area contributed by atoms with E-state index in [0.717, 1.165) is 12.1 Å². The van der Waals surface area contributed by atoms with Gasteiger partial charge in [0.25, 0.3) is 0 Å². The lowest BCUT2D eigenvalue weighted by Crippen LogP contribution is -2.25. The van der Waals surface area contributed by atoms with Crippen LogP contribution in [0.1, 0.15) is 18.2 Å². The smallest absolute Gasteiger partial charge is 0.241 e. The zero-order valence-electron chi connectivity index (χ0n) is 11.2. The third kappa shape index (κ3) is 3.66. The topological polar surface area (TPSA) is 84.2 Å². The Bertz CT molecular complexity index is 639. The lowest BCUT2D eigenvalue weighted by Gasteiger charge is -2.11. The summed E-state index contributed by atoms with van der Waals surface area (Å²) in [4.78, 5) is 0.278. The van der Waals surface area contributed by atoms with Crippen molar-refractivity contribution in [1.29, 1.82) is 0 Å². The van der Waals surface area contributed by atoms with Crippen LogP contribution >= 0.6 is 0 Å². The first-order valence-corrected chi connectivity index (χ1v) is 7.79. The highest BCUT2D eigenvalue weighted by atomic mass is 32.2. The van der Waals surface area contributed by atoms with Gasteiger partial charge in [0, 0.05) is 12.6 Å².